The highest BCUT2D eigenvalue weighted by Gasteiger charge is 2.32. The number of hydrogen-bond donors (Lipinski definition) is 2. The van der Waals surface area contributed by atoms with E-state index in [1.54, 1.807) is 24.3 Å². The van der Waals surface area contributed by atoms with Gasteiger partial charge in [0.15, 0.2) is 0 Å². The molecule has 32 heavy (non-hydrogen) atoms. The number of hydrazine groups is 1. The van der Waals surface area contributed by atoms with Crippen LogP contribution in [0.1, 0.15) is 51.9 Å². The first kappa shape index (κ1) is 22.9. The normalized spacial score (nSPS) is 19.9. The maximum Gasteiger partial charge on any atom is 0.279 e. The highest BCUT2D eigenvalue weighted by molar-refractivity contribution is 7.89. The molecule has 2 aliphatic rings. The fraction of sp³-hybridized carbons (Fsp3) is 0.478. The van der Waals surface area contributed by atoms with E-state index in [0.717, 1.165) is 24.8 Å². The molecule has 172 valence electrons. The number of thiophene rings is 1. The van der Waals surface area contributed by atoms with Crippen LogP contribution in [-0.4, -0.2) is 37.6 Å². The van der Waals surface area contributed by atoms with Gasteiger partial charge in [0, 0.05) is 23.9 Å². The van der Waals surface area contributed by atoms with E-state index in [4.69, 9.17) is 0 Å². The predicted molar refractivity (Wildman–Crippen MR) is 124 cm³/mol. The summed E-state index contributed by atoms with van der Waals surface area (Å²) in [7, 11) is -3.56. The lowest BCUT2D eigenvalue weighted by atomic mass is 9.90. The first-order valence-electron chi connectivity index (χ1n) is 11.0. The van der Waals surface area contributed by atoms with Crippen LogP contribution in [0.25, 0.3) is 0 Å². The second kappa shape index (κ2) is 9.33. The molecule has 0 radical (unpaired) electrons. The maximum atomic E-state index is 12.8. The first-order valence-corrected chi connectivity index (χ1v) is 13.3. The fourth-order valence-electron chi connectivity index (χ4n) is 4.32. The third kappa shape index (κ3) is 4.89. The molecule has 1 saturated heterocycles. The Bertz CT molecular complexity index is 1100. The van der Waals surface area contributed by atoms with Crippen molar-refractivity contribution in [2.45, 2.75) is 50.8 Å². The van der Waals surface area contributed by atoms with Gasteiger partial charge >= 0.3 is 0 Å². The van der Waals surface area contributed by atoms with Gasteiger partial charge in [0.05, 0.1) is 9.77 Å². The summed E-state index contributed by atoms with van der Waals surface area (Å²) in [6, 6.07) is 8.72. The van der Waals surface area contributed by atoms with Crippen molar-refractivity contribution in [1.82, 2.24) is 15.2 Å². The number of fused-ring (bicyclic) bond motifs is 1. The number of hydrogen-bond acceptors (Lipinski definition) is 5. The first-order chi connectivity index (χ1) is 15.2. The molecule has 1 aliphatic carbocycles. The summed E-state index contributed by atoms with van der Waals surface area (Å²) in [6.45, 7) is 4.68. The average molecular weight is 476 g/mol. The molecule has 4 rings (SSSR count). The van der Waals surface area contributed by atoms with Crippen LogP contribution >= 0.6 is 11.3 Å². The van der Waals surface area contributed by atoms with E-state index < -0.39 is 10.0 Å². The van der Waals surface area contributed by atoms with Gasteiger partial charge in [-0.25, -0.2) is 8.42 Å². The lowest BCUT2D eigenvalue weighted by Crippen LogP contribution is -2.48. The van der Waals surface area contributed by atoms with Crippen molar-refractivity contribution in [1.29, 1.82) is 0 Å². The lowest BCUT2D eigenvalue weighted by molar-refractivity contribution is -0.126. The Morgan fingerprint density at radius 1 is 1.06 bits per heavy atom. The van der Waals surface area contributed by atoms with E-state index in [2.05, 4.69) is 17.8 Å². The van der Waals surface area contributed by atoms with Crippen LogP contribution in [0.5, 0.6) is 0 Å². The molecule has 1 atom stereocenters. The molecule has 0 bridgehead atoms. The van der Waals surface area contributed by atoms with E-state index in [1.807, 2.05) is 13.0 Å². The number of rotatable bonds is 4. The highest BCUT2D eigenvalue weighted by Crippen LogP contribution is 2.32. The molecule has 1 aromatic carbocycles. The van der Waals surface area contributed by atoms with Gasteiger partial charge < -0.3 is 0 Å². The van der Waals surface area contributed by atoms with Crippen molar-refractivity contribution < 1.29 is 18.0 Å². The minimum atomic E-state index is -3.56. The molecule has 1 aliphatic heterocycles. The van der Waals surface area contributed by atoms with Gasteiger partial charge in [-0.05, 0) is 68.7 Å². The summed E-state index contributed by atoms with van der Waals surface area (Å²) in [5.74, 6) is -0.281. The van der Waals surface area contributed by atoms with Crippen LogP contribution in [-0.2, 0) is 27.7 Å². The summed E-state index contributed by atoms with van der Waals surface area (Å²) >= 11 is 1.50. The molecular weight excluding hydrogens is 446 g/mol. The van der Waals surface area contributed by atoms with E-state index >= 15 is 0 Å². The lowest BCUT2D eigenvalue weighted by Gasteiger charge is -2.30. The Labute approximate surface area is 193 Å². The zero-order valence-corrected chi connectivity index (χ0v) is 20.0. The molecule has 0 saturated carbocycles. The third-order valence-corrected chi connectivity index (χ3v) is 9.48. The minimum Gasteiger partial charge on any atom is -0.273 e. The van der Waals surface area contributed by atoms with Crippen molar-refractivity contribution in [3.8, 4) is 0 Å². The van der Waals surface area contributed by atoms with Crippen LogP contribution in [0.4, 0.5) is 0 Å². The molecule has 2 heterocycles. The van der Waals surface area contributed by atoms with Gasteiger partial charge in [-0.1, -0.05) is 24.6 Å². The Morgan fingerprint density at radius 2 is 1.75 bits per heavy atom. The Morgan fingerprint density at radius 3 is 2.44 bits per heavy atom. The number of nitrogens with one attached hydrogen (secondary N) is 2. The molecule has 2 N–H and O–H groups in total. The summed E-state index contributed by atoms with van der Waals surface area (Å²) in [5, 5.41) is 0. The Hall–Kier alpha value is -2.23. The third-order valence-electron chi connectivity index (χ3n) is 6.34. The van der Waals surface area contributed by atoms with Crippen LogP contribution in [0.2, 0.25) is 0 Å². The summed E-state index contributed by atoms with van der Waals surface area (Å²) in [6.07, 6.45) is 3.97. The molecule has 2 aromatic rings. The number of carbonyl (C=O) groups is 2. The smallest absolute Gasteiger partial charge is 0.273 e. The standard InChI is InChI=1S/C23H29N3O4S2/c1-15-3-6-19(7-4-15)32(29,30)26-11-9-17(10-12-26)22(27)24-25-23(28)21-14-18-13-16(2)5-8-20(18)31-21/h3-4,6-7,14,16-17H,5,8-13H2,1-2H3,(H,24,27)(H,25,28)/t16-/m0/s1. The van der Waals surface area contributed by atoms with E-state index in [0.29, 0.717) is 23.6 Å². The molecule has 7 nitrogen and oxygen atoms in total. The number of sulfonamides is 1. The second-order valence-corrected chi connectivity index (χ2v) is 11.9. The van der Waals surface area contributed by atoms with Crippen LogP contribution in [0.3, 0.4) is 0 Å². The van der Waals surface area contributed by atoms with Gasteiger partial charge in [-0.15, -0.1) is 11.3 Å². The topological polar surface area (TPSA) is 95.6 Å². The Balaban J connectivity index is 1.28. The average Bonchev–Trinajstić information content (AvgIpc) is 3.21. The SMILES string of the molecule is Cc1ccc(S(=O)(=O)N2CCC(C(=O)NNC(=O)c3cc4c(s3)CC[C@H](C)C4)CC2)cc1. The molecule has 0 spiro atoms. The molecule has 0 unspecified atom stereocenters. The largest absolute Gasteiger partial charge is 0.279 e. The number of amides is 2. The summed E-state index contributed by atoms with van der Waals surface area (Å²) < 4.78 is 27.1. The number of piperidine rings is 1. The molecule has 2 amide bonds. The monoisotopic (exact) mass is 475 g/mol. The molecule has 1 aromatic heterocycles. The minimum absolute atomic E-state index is 0.270. The number of nitrogens with zero attached hydrogens (tertiary/aromatic N) is 1. The molecule has 9 heteroatoms. The predicted octanol–water partition coefficient (Wildman–Crippen LogP) is 3.04. The second-order valence-electron chi connectivity index (χ2n) is 8.84. The van der Waals surface area contributed by atoms with Crippen LogP contribution < -0.4 is 10.9 Å². The van der Waals surface area contributed by atoms with Crippen molar-refractivity contribution in [2.75, 3.05) is 13.1 Å². The van der Waals surface area contributed by atoms with E-state index in [1.165, 1.54) is 26.1 Å². The van der Waals surface area contributed by atoms with Crippen molar-refractivity contribution >= 4 is 33.2 Å². The number of carbonyl (C=O) groups excluding carboxylic acids is 2. The van der Waals surface area contributed by atoms with Crippen molar-refractivity contribution in [3.05, 3.63) is 51.2 Å². The Kier molecular flexibility index (Phi) is 6.69. The number of benzene rings is 1. The van der Waals surface area contributed by atoms with E-state index in [9.17, 15) is 18.0 Å². The maximum absolute atomic E-state index is 12.8. The number of aryl methyl sites for hydroxylation is 2. The fourth-order valence-corrected chi connectivity index (χ4v) is 6.89. The van der Waals surface area contributed by atoms with Crippen LogP contribution in [0.15, 0.2) is 35.2 Å². The zero-order chi connectivity index (χ0) is 22.9. The zero-order valence-electron chi connectivity index (χ0n) is 18.4. The highest BCUT2D eigenvalue weighted by atomic mass is 32.2. The van der Waals surface area contributed by atoms with Gasteiger partial charge in [0.25, 0.3) is 5.91 Å². The van der Waals surface area contributed by atoms with Gasteiger partial charge in [-0.2, -0.15) is 4.31 Å². The molecular formula is C23H29N3O4S2. The van der Waals surface area contributed by atoms with Gasteiger partial charge in [0.1, 0.15) is 0 Å². The molecule has 1 fully saturated rings. The summed E-state index contributed by atoms with van der Waals surface area (Å²) in [5.41, 5.74) is 7.30. The van der Waals surface area contributed by atoms with Gasteiger partial charge in [-0.3, -0.25) is 20.4 Å². The summed E-state index contributed by atoms with van der Waals surface area (Å²) in [4.78, 5) is 27.2. The van der Waals surface area contributed by atoms with Crippen molar-refractivity contribution in [2.24, 2.45) is 11.8 Å². The van der Waals surface area contributed by atoms with Crippen LogP contribution in [0, 0.1) is 18.8 Å². The van der Waals surface area contributed by atoms with Crippen molar-refractivity contribution in [3.63, 3.8) is 0 Å². The van der Waals surface area contributed by atoms with Gasteiger partial charge in [0.2, 0.25) is 15.9 Å². The quantitative estimate of drug-likeness (QED) is 0.665. The van der Waals surface area contributed by atoms with E-state index in [-0.39, 0.29) is 35.7 Å².